The summed E-state index contributed by atoms with van der Waals surface area (Å²) < 4.78 is 0. The number of likely N-dealkylation sites (N-methyl/N-ethyl adjacent to an activating group) is 1. The van der Waals surface area contributed by atoms with E-state index in [4.69, 9.17) is 11.6 Å². The highest BCUT2D eigenvalue weighted by Crippen LogP contribution is 2.59. The summed E-state index contributed by atoms with van der Waals surface area (Å²) in [4.78, 5) is 12.9. The quantitative estimate of drug-likeness (QED) is 0.661. The number of nitrogens with one attached hydrogen (secondary N) is 2. The molecule has 4 aliphatic carbocycles. The molecule has 148 valence electrons. The summed E-state index contributed by atoms with van der Waals surface area (Å²) >= 11 is 6.30. The maximum atomic E-state index is 12.9. The van der Waals surface area contributed by atoms with Crippen LogP contribution in [0.4, 0.5) is 0 Å². The Morgan fingerprint density at radius 1 is 1.22 bits per heavy atom. The topological polar surface area (TPSA) is 61.4 Å². The number of benzene rings is 1. The monoisotopic (exact) mass is 390 g/mol. The summed E-state index contributed by atoms with van der Waals surface area (Å²) in [6.07, 6.45) is 7.40. The SMILES string of the molecule is CCNC[C@H](O)c1ccc(Cl)c(C(=O)NCC23CC4CC(CC(C4)C2)C3)c1. The van der Waals surface area contributed by atoms with Gasteiger partial charge in [-0.05, 0) is 85.9 Å². The summed E-state index contributed by atoms with van der Waals surface area (Å²) in [5.74, 6) is 2.51. The van der Waals surface area contributed by atoms with E-state index in [9.17, 15) is 9.90 Å². The van der Waals surface area contributed by atoms with Crippen molar-refractivity contribution in [3.8, 4) is 0 Å². The van der Waals surface area contributed by atoms with Gasteiger partial charge in [0.2, 0.25) is 0 Å². The maximum absolute atomic E-state index is 12.9. The molecule has 4 saturated carbocycles. The summed E-state index contributed by atoms with van der Waals surface area (Å²) in [5, 5.41) is 17.0. The van der Waals surface area contributed by atoms with Crippen molar-refractivity contribution < 1.29 is 9.90 Å². The van der Waals surface area contributed by atoms with Gasteiger partial charge in [0.05, 0.1) is 16.7 Å². The van der Waals surface area contributed by atoms with E-state index in [1.165, 1.54) is 38.5 Å². The minimum absolute atomic E-state index is 0.117. The molecular formula is C22H31ClN2O2. The van der Waals surface area contributed by atoms with E-state index in [1.54, 1.807) is 18.2 Å². The molecule has 0 saturated heterocycles. The molecule has 0 heterocycles. The number of amides is 1. The molecule has 1 atom stereocenters. The van der Waals surface area contributed by atoms with Crippen molar-refractivity contribution >= 4 is 17.5 Å². The molecule has 1 aromatic carbocycles. The zero-order valence-corrected chi connectivity index (χ0v) is 16.9. The second-order valence-corrected chi connectivity index (χ2v) is 9.57. The summed E-state index contributed by atoms with van der Waals surface area (Å²) in [5.41, 5.74) is 1.49. The second kappa shape index (κ2) is 7.73. The first-order valence-corrected chi connectivity index (χ1v) is 10.8. The lowest BCUT2D eigenvalue weighted by Gasteiger charge is -2.56. The number of aliphatic hydroxyl groups excluding tert-OH is 1. The van der Waals surface area contributed by atoms with Gasteiger partial charge >= 0.3 is 0 Å². The fourth-order valence-electron chi connectivity index (χ4n) is 6.19. The Balaban J connectivity index is 1.42. The van der Waals surface area contributed by atoms with Crippen molar-refractivity contribution in [2.75, 3.05) is 19.6 Å². The Morgan fingerprint density at radius 3 is 2.44 bits per heavy atom. The third-order valence-electron chi connectivity index (χ3n) is 7.00. The molecule has 0 spiro atoms. The van der Waals surface area contributed by atoms with Crippen molar-refractivity contribution in [1.29, 1.82) is 0 Å². The summed E-state index contributed by atoms with van der Waals surface area (Å²) in [6.45, 7) is 4.02. The van der Waals surface area contributed by atoms with Crippen LogP contribution in [0.1, 0.15) is 67.5 Å². The highest BCUT2D eigenvalue weighted by molar-refractivity contribution is 6.33. The lowest BCUT2D eigenvalue weighted by atomic mass is 9.49. The largest absolute Gasteiger partial charge is 0.387 e. The van der Waals surface area contributed by atoms with Gasteiger partial charge in [0.15, 0.2) is 0 Å². The van der Waals surface area contributed by atoms with E-state index in [-0.39, 0.29) is 5.91 Å². The van der Waals surface area contributed by atoms with Gasteiger partial charge in [-0.25, -0.2) is 0 Å². The average Bonchev–Trinajstić information content (AvgIpc) is 2.63. The Kier molecular flexibility index (Phi) is 5.50. The van der Waals surface area contributed by atoms with Crippen LogP contribution in [-0.4, -0.2) is 30.6 Å². The molecule has 0 radical (unpaired) electrons. The lowest BCUT2D eigenvalue weighted by molar-refractivity contribution is -0.0503. The minimum atomic E-state index is -0.642. The highest BCUT2D eigenvalue weighted by Gasteiger charge is 2.50. The van der Waals surface area contributed by atoms with Crippen molar-refractivity contribution in [3.63, 3.8) is 0 Å². The number of aliphatic hydroxyl groups is 1. The smallest absolute Gasteiger partial charge is 0.252 e. The number of carbonyl (C=O) groups excluding carboxylic acids is 1. The fraction of sp³-hybridized carbons (Fsp3) is 0.682. The molecule has 4 nitrogen and oxygen atoms in total. The van der Waals surface area contributed by atoms with Gasteiger partial charge in [-0.15, -0.1) is 0 Å². The van der Waals surface area contributed by atoms with Gasteiger partial charge in [0, 0.05) is 13.1 Å². The number of carbonyl (C=O) groups is 1. The molecule has 1 aromatic rings. The normalized spacial score (nSPS) is 32.5. The van der Waals surface area contributed by atoms with Crippen LogP contribution in [0.2, 0.25) is 5.02 Å². The molecule has 5 rings (SSSR count). The first kappa shape index (κ1) is 19.2. The fourth-order valence-corrected chi connectivity index (χ4v) is 6.40. The zero-order chi connectivity index (χ0) is 19.0. The molecule has 5 heteroatoms. The van der Waals surface area contributed by atoms with Crippen LogP contribution < -0.4 is 10.6 Å². The van der Waals surface area contributed by atoms with Gasteiger partial charge in [0.25, 0.3) is 5.91 Å². The first-order valence-electron chi connectivity index (χ1n) is 10.4. The van der Waals surface area contributed by atoms with Crippen LogP contribution in [0.25, 0.3) is 0 Å². The predicted molar refractivity (Wildman–Crippen MR) is 108 cm³/mol. The van der Waals surface area contributed by atoms with E-state index in [2.05, 4.69) is 10.6 Å². The minimum Gasteiger partial charge on any atom is -0.387 e. The molecule has 27 heavy (non-hydrogen) atoms. The zero-order valence-electron chi connectivity index (χ0n) is 16.1. The van der Waals surface area contributed by atoms with E-state index >= 15 is 0 Å². The summed E-state index contributed by atoms with van der Waals surface area (Å²) in [6, 6.07) is 5.24. The number of halogens is 1. The molecule has 3 N–H and O–H groups in total. The van der Waals surface area contributed by atoms with E-state index in [0.29, 0.717) is 22.5 Å². The molecule has 4 aliphatic rings. The van der Waals surface area contributed by atoms with Crippen LogP contribution in [0.5, 0.6) is 0 Å². The van der Waals surface area contributed by atoms with Crippen LogP contribution in [0.3, 0.4) is 0 Å². The van der Waals surface area contributed by atoms with Crippen molar-refractivity contribution in [2.24, 2.45) is 23.2 Å². The van der Waals surface area contributed by atoms with Gasteiger partial charge in [-0.3, -0.25) is 4.79 Å². The van der Waals surface area contributed by atoms with E-state index < -0.39 is 6.10 Å². The third kappa shape index (κ3) is 4.03. The van der Waals surface area contributed by atoms with Gasteiger partial charge in [-0.1, -0.05) is 24.6 Å². The van der Waals surface area contributed by atoms with Crippen LogP contribution in [0, 0.1) is 23.2 Å². The Hall–Kier alpha value is -1.10. The number of hydrogen-bond acceptors (Lipinski definition) is 3. The molecule has 0 aliphatic heterocycles. The van der Waals surface area contributed by atoms with Gasteiger partial charge in [-0.2, -0.15) is 0 Å². The van der Waals surface area contributed by atoms with Crippen LogP contribution in [0.15, 0.2) is 18.2 Å². The molecule has 0 unspecified atom stereocenters. The Labute approximate surface area is 167 Å². The van der Waals surface area contributed by atoms with Gasteiger partial charge < -0.3 is 15.7 Å². The van der Waals surface area contributed by atoms with E-state index in [0.717, 1.165) is 36.4 Å². The molecule has 0 aromatic heterocycles. The second-order valence-electron chi connectivity index (χ2n) is 9.16. The van der Waals surface area contributed by atoms with Gasteiger partial charge in [0.1, 0.15) is 0 Å². The maximum Gasteiger partial charge on any atom is 0.252 e. The third-order valence-corrected chi connectivity index (χ3v) is 7.33. The highest BCUT2D eigenvalue weighted by atomic mass is 35.5. The molecular weight excluding hydrogens is 360 g/mol. The van der Waals surface area contributed by atoms with Crippen LogP contribution >= 0.6 is 11.6 Å². The van der Waals surface area contributed by atoms with E-state index in [1.807, 2.05) is 6.92 Å². The molecule has 1 amide bonds. The average molecular weight is 391 g/mol. The first-order chi connectivity index (χ1) is 13.0. The standard InChI is InChI=1S/C22H31ClN2O2/c1-2-24-12-20(26)17-3-4-19(23)18(8-17)21(27)25-13-22-9-14-5-15(10-22)7-16(6-14)11-22/h3-4,8,14-16,20,24,26H,2,5-7,9-13H2,1H3,(H,25,27)/t14?,15?,16?,20-,22?/m0/s1. The summed E-state index contributed by atoms with van der Waals surface area (Å²) in [7, 11) is 0. The van der Waals surface area contributed by atoms with Crippen molar-refractivity contribution in [2.45, 2.75) is 51.6 Å². The molecule has 4 bridgehead atoms. The Morgan fingerprint density at radius 2 is 1.85 bits per heavy atom. The van der Waals surface area contributed by atoms with Crippen molar-refractivity contribution in [1.82, 2.24) is 10.6 Å². The number of hydrogen-bond donors (Lipinski definition) is 3. The molecule has 4 fully saturated rings. The predicted octanol–water partition coefficient (Wildman–Crippen LogP) is 3.93. The van der Waals surface area contributed by atoms with Crippen LogP contribution in [-0.2, 0) is 0 Å². The number of rotatable bonds is 7. The lowest BCUT2D eigenvalue weighted by Crippen LogP contribution is -2.51. The Bertz CT molecular complexity index is 670. The van der Waals surface area contributed by atoms with Crippen molar-refractivity contribution in [3.05, 3.63) is 34.3 Å².